The van der Waals surface area contributed by atoms with Gasteiger partial charge in [-0.3, -0.25) is 4.79 Å². The molecule has 0 saturated carbocycles. The van der Waals surface area contributed by atoms with Crippen molar-refractivity contribution in [3.05, 3.63) is 52.4 Å². The van der Waals surface area contributed by atoms with E-state index >= 15 is 0 Å². The Bertz CT molecular complexity index is 793. The third kappa shape index (κ3) is 4.76. The molecule has 0 aliphatic carbocycles. The predicted octanol–water partition coefficient (Wildman–Crippen LogP) is 4.25. The number of amides is 3. The second kappa shape index (κ2) is 7.19. The molecule has 4 N–H and O–H groups in total. The highest BCUT2D eigenvalue weighted by atomic mass is 35.5. The van der Waals surface area contributed by atoms with E-state index in [1.807, 2.05) is 39.8 Å². The van der Waals surface area contributed by atoms with Gasteiger partial charge >= 0.3 is 6.03 Å². The number of aryl methyl sites for hydroxylation is 1. The summed E-state index contributed by atoms with van der Waals surface area (Å²) in [6.07, 6.45) is 0. The number of carbonyl (C=O) groups is 2. The molecule has 1 aromatic carbocycles. The monoisotopic (exact) mass is 363 g/mol. The number of rotatable bonds is 4. The van der Waals surface area contributed by atoms with Crippen LogP contribution in [0.5, 0.6) is 0 Å². The molecule has 2 aromatic rings. The summed E-state index contributed by atoms with van der Waals surface area (Å²) in [5.74, 6) is 0.838. The summed E-state index contributed by atoms with van der Waals surface area (Å²) in [5, 5.41) is 5.79. The van der Waals surface area contributed by atoms with Crippen molar-refractivity contribution in [2.24, 2.45) is 11.1 Å². The standard InChI is InChI=1S/C18H22ClN3O3/c1-10-5-8-14(25-10)15(18(2,3)4)22-17(24)21-11-6-7-12(16(20)23)13(19)9-11/h5-9,15H,1-4H3,(H2,20,23)(H2,21,22,24)/t15-/m1/s1. The van der Waals surface area contributed by atoms with Gasteiger partial charge in [-0.15, -0.1) is 0 Å². The van der Waals surface area contributed by atoms with Gasteiger partial charge in [-0.2, -0.15) is 0 Å². The maximum absolute atomic E-state index is 12.4. The number of nitrogens with two attached hydrogens (primary N) is 1. The summed E-state index contributed by atoms with van der Waals surface area (Å²) in [5.41, 5.74) is 5.61. The van der Waals surface area contributed by atoms with Crippen LogP contribution in [0.3, 0.4) is 0 Å². The van der Waals surface area contributed by atoms with Gasteiger partial charge in [0.1, 0.15) is 11.5 Å². The summed E-state index contributed by atoms with van der Waals surface area (Å²) in [4.78, 5) is 23.6. The van der Waals surface area contributed by atoms with Crippen molar-refractivity contribution < 1.29 is 14.0 Å². The number of furan rings is 1. The Morgan fingerprint density at radius 3 is 2.36 bits per heavy atom. The number of halogens is 1. The largest absolute Gasteiger partial charge is 0.464 e. The molecule has 0 unspecified atom stereocenters. The molecule has 2 rings (SSSR count). The number of benzene rings is 1. The van der Waals surface area contributed by atoms with Crippen molar-refractivity contribution >= 4 is 29.2 Å². The van der Waals surface area contributed by atoms with E-state index in [4.69, 9.17) is 21.8 Å². The van der Waals surface area contributed by atoms with Crippen LogP contribution in [-0.2, 0) is 0 Å². The third-order valence-electron chi connectivity index (χ3n) is 3.68. The minimum atomic E-state index is -0.623. The van der Waals surface area contributed by atoms with Gasteiger partial charge in [0, 0.05) is 5.69 Å². The second-order valence-corrected chi connectivity index (χ2v) is 7.31. The Labute approximate surface area is 151 Å². The van der Waals surface area contributed by atoms with Gasteiger partial charge in [-0.25, -0.2) is 4.79 Å². The Morgan fingerprint density at radius 2 is 1.88 bits per heavy atom. The first-order chi connectivity index (χ1) is 11.6. The van der Waals surface area contributed by atoms with Gasteiger partial charge in [0.2, 0.25) is 5.91 Å². The first kappa shape index (κ1) is 18.9. The quantitative estimate of drug-likeness (QED) is 0.757. The molecule has 7 heteroatoms. The van der Waals surface area contributed by atoms with Crippen molar-refractivity contribution in [2.45, 2.75) is 33.7 Å². The zero-order valence-electron chi connectivity index (χ0n) is 14.6. The average molecular weight is 364 g/mol. The zero-order valence-corrected chi connectivity index (χ0v) is 15.4. The van der Waals surface area contributed by atoms with Crippen LogP contribution in [-0.4, -0.2) is 11.9 Å². The molecule has 0 saturated heterocycles. The van der Waals surface area contributed by atoms with Gasteiger partial charge in [-0.05, 0) is 42.7 Å². The lowest BCUT2D eigenvalue weighted by molar-refractivity contribution is 0.100. The molecular formula is C18H22ClN3O3. The van der Waals surface area contributed by atoms with Crippen LogP contribution in [0.15, 0.2) is 34.7 Å². The molecule has 0 aliphatic heterocycles. The first-order valence-corrected chi connectivity index (χ1v) is 8.19. The first-order valence-electron chi connectivity index (χ1n) is 7.81. The van der Waals surface area contributed by atoms with Crippen molar-refractivity contribution in [1.29, 1.82) is 0 Å². The predicted molar refractivity (Wildman–Crippen MR) is 97.8 cm³/mol. The van der Waals surface area contributed by atoms with Crippen molar-refractivity contribution in [2.75, 3.05) is 5.32 Å². The van der Waals surface area contributed by atoms with E-state index < -0.39 is 11.9 Å². The highest BCUT2D eigenvalue weighted by Gasteiger charge is 2.30. The van der Waals surface area contributed by atoms with Crippen LogP contribution >= 0.6 is 11.6 Å². The van der Waals surface area contributed by atoms with Crippen molar-refractivity contribution in [3.8, 4) is 0 Å². The number of nitrogens with one attached hydrogen (secondary N) is 2. The van der Waals surface area contributed by atoms with Crippen LogP contribution < -0.4 is 16.4 Å². The van der Waals surface area contributed by atoms with Crippen LogP contribution in [0.4, 0.5) is 10.5 Å². The van der Waals surface area contributed by atoms with E-state index in [2.05, 4.69) is 10.6 Å². The summed E-state index contributed by atoms with van der Waals surface area (Å²) in [6.45, 7) is 7.88. The number of carbonyl (C=O) groups excluding carboxylic acids is 2. The molecule has 0 spiro atoms. The average Bonchev–Trinajstić information content (AvgIpc) is 2.89. The number of hydrogen-bond donors (Lipinski definition) is 3. The fourth-order valence-corrected chi connectivity index (χ4v) is 2.69. The van der Waals surface area contributed by atoms with E-state index in [1.54, 1.807) is 6.07 Å². The smallest absolute Gasteiger partial charge is 0.319 e. The summed E-state index contributed by atoms with van der Waals surface area (Å²) >= 11 is 6.00. The number of hydrogen-bond acceptors (Lipinski definition) is 3. The third-order valence-corrected chi connectivity index (χ3v) is 3.99. The van der Waals surface area contributed by atoms with Gasteiger partial charge < -0.3 is 20.8 Å². The molecule has 0 radical (unpaired) electrons. The maximum atomic E-state index is 12.4. The summed E-state index contributed by atoms with van der Waals surface area (Å²) in [7, 11) is 0. The number of urea groups is 1. The number of primary amides is 1. The van der Waals surface area contributed by atoms with Crippen LogP contribution in [0.2, 0.25) is 5.02 Å². The van der Waals surface area contributed by atoms with E-state index in [9.17, 15) is 9.59 Å². The highest BCUT2D eigenvalue weighted by Crippen LogP contribution is 2.33. The molecule has 6 nitrogen and oxygen atoms in total. The van der Waals surface area contributed by atoms with Crippen LogP contribution in [0.1, 0.15) is 48.7 Å². The Hall–Kier alpha value is -2.47. The van der Waals surface area contributed by atoms with E-state index in [0.717, 1.165) is 5.76 Å². The van der Waals surface area contributed by atoms with E-state index in [0.29, 0.717) is 11.4 Å². The molecule has 3 amide bonds. The molecule has 0 bridgehead atoms. The molecule has 1 aromatic heterocycles. The van der Waals surface area contributed by atoms with Gasteiger partial charge in [0.15, 0.2) is 0 Å². The topological polar surface area (TPSA) is 97.4 Å². The van der Waals surface area contributed by atoms with Crippen LogP contribution in [0.25, 0.3) is 0 Å². The fraction of sp³-hybridized carbons (Fsp3) is 0.333. The second-order valence-electron chi connectivity index (χ2n) is 6.90. The molecule has 0 fully saturated rings. The Kier molecular flexibility index (Phi) is 5.42. The van der Waals surface area contributed by atoms with E-state index in [-0.39, 0.29) is 22.0 Å². The van der Waals surface area contributed by atoms with Crippen LogP contribution in [0, 0.1) is 12.3 Å². The van der Waals surface area contributed by atoms with Crippen molar-refractivity contribution in [1.82, 2.24) is 5.32 Å². The normalized spacial score (nSPS) is 12.5. The lowest BCUT2D eigenvalue weighted by atomic mass is 9.85. The Morgan fingerprint density at radius 1 is 1.20 bits per heavy atom. The summed E-state index contributed by atoms with van der Waals surface area (Å²) in [6, 6.07) is 7.50. The van der Waals surface area contributed by atoms with Crippen molar-refractivity contribution in [3.63, 3.8) is 0 Å². The molecule has 1 heterocycles. The van der Waals surface area contributed by atoms with Gasteiger partial charge in [0.25, 0.3) is 0 Å². The minimum Gasteiger partial charge on any atom is -0.464 e. The van der Waals surface area contributed by atoms with E-state index in [1.165, 1.54) is 12.1 Å². The fourth-order valence-electron chi connectivity index (χ4n) is 2.41. The maximum Gasteiger partial charge on any atom is 0.319 e. The van der Waals surface area contributed by atoms with Gasteiger partial charge in [0.05, 0.1) is 16.6 Å². The lowest BCUT2D eigenvalue weighted by Gasteiger charge is -2.30. The Balaban J connectivity index is 2.14. The molecule has 25 heavy (non-hydrogen) atoms. The van der Waals surface area contributed by atoms with Gasteiger partial charge in [-0.1, -0.05) is 32.4 Å². The summed E-state index contributed by atoms with van der Waals surface area (Å²) < 4.78 is 5.67. The molecule has 134 valence electrons. The SMILES string of the molecule is Cc1ccc([C@@H](NC(=O)Nc2ccc(C(N)=O)c(Cl)c2)C(C)(C)C)o1. The minimum absolute atomic E-state index is 0.180. The molecule has 0 aliphatic rings. The zero-order chi connectivity index (χ0) is 18.8. The molecule has 1 atom stereocenters. The highest BCUT2D eigenvalue weighted by molar-refractivity contribution is 6.34. The number of anilines is 1. The lowest BCUT2D eigenvalue weighted by Crippen LogP contribution is -2.38. The molecular weight excluding hydrogens is 342 g/mol.